The zero-order valence-electron chi connectivity index (χ0n) is 13.6. The molecule has 3 rings (SSSR count). The Balaban J connectivity index is 2.17. The monoisotopic (exact) mass is 347 g/mol. The smallest absolute Gasteiger partial charge is 0.341 e. The van der Waals surface area contributed by atoms with Gasteiger partial charge in [0.15, 0.2) is 0 Å². The summed E-state index contributed by atoms with van der Waals surface area (Å²) in [6.45, 7) is 2.12. The number of aromatic nitrogens is 1. The molecule has 0 atom stereocenters. The molecule has 1 heterocycles. The minimum atomic E-state index is -1.32. The maximum atomic E-state index is 14.7. The van der Waals surface area contributed by atoms with Crippen LogP contribution in [0.4, 0.5) is 10.1 Å². The van der Waals surface area contributed by atoms with Crippen molar-refractivity contribution >= 4 is 29.0 Å². The van der Waals surface area contributed by atoms with Gasteiger partial charge in [0.25, 0.3) is 0 Å². The maximum Gasteiger partial charge on any atom is 0.341 e. The topological polar surface area (TPSA) is 100 Å². The van der Waals surface area contributed by atoms with Crippen molar-refractivity contribution in [2.24, 2.45) is 0 Å². The number of pyridine rings is 1. The Kier molecular flexibility index (Phi) is 4.43. The summed E-state index contributed by atoms with van der Waals surface area (Å²) < 4.78 is 16.4. The number of rotatable bonds is 7. The van der Waals surface area contributed by atoms with Crippen LogP contribution >= 0.6 is 0 Å². The minimum Gasteiger partial charge on any atom is -0.477 e. The van der Waals surface area contributed by atoms with Crippen molar-refractivity contribution in [3.8, 4) is 0 Å². The first-order valence-corrected chi connectivity index (χ1v) is 7.97. The zero-order chi connectivity index (χ0) is 18.1. The molecule has 7 nitrogen and oxygen atoms in total. The molecule has 0 spiro atoms. The predicted molar refractivity (Wildman–Crippen MR) is 90.7 cm³/mol. The summed E-state index contributed by atoms with van der Waals surface area (Å²) in [6, 6.07) is 1.65. The van der Waals surface area contributed by atoms with Gasteiger partial charge in [-0.05, 0) is 25.8 Å². The largest absolute Gasteiger partial charge is 0.477 e. The summed E-state index contributed by atoms with van der Waals surface area (Å²) in [5, 5.41) is 14.7. The molecule has 0 unspecified atom stereocenters. The van der Waals surface area contributed by atoms with E-state index in [1.165, 1.54) is 19.2 Å². The van der Waals surface area contributed by atoms with Crippen LogP contribution in [0.15, 0.2) is 17.1 Å². The number of amides is 1. The Morgan fingerprint density at radius 3 is 2.76 bits per heavy atom. The lowest BCUT2D eigenvalue weighted by molar-refractivity contribution is -0.109. The molecular weight excluding hydrogens is 329 g/mol. The molecule has 3 N–H and O–H groups in total. The van der Waals surface area contributed by atoms with Crippen molar-refractivity contribution in [1.82, 2.24) is 9.88 Å². The van der Waals surface area contributed by atoms with Crippen LogP contribution in [0.1, 0.15) is 34.8 Å². The van der Waals surface area contributed by atoms with Gasteiger partial charge in [0, 0.05) is 30.9 Å². The van der Waals surface area contributed by atoms with Crippen molar-refractivity contribution in [3.63, 3.8) is 0 Å². The van der Waals surface area contributed by atoms with Crippen molar-refractivity contribution in [1.29, 1.82) is 0 Å². The first-order chi connectivity index (χ1) is 12.0. The van der Waals surface area contributed by atoms with Gasteiger partial charge >= 0.3 is 5.97 Å². The highest BCUT2D eigenvalue weighted by atomic mass is 19.1. The molecule has 1 amide bonds. The number of carboxylic acids is 1. The van der Waals surface area contributed by atoms with E-state index in [0.29, 0.717) is 25.0 Å². The standard InChI is InChI=1S/C17H18FN3O4/c1-9-14-13(6-12(15(9)18)20-5-4-19-8-22)21(10-2-3-10)7-11(16(14)23)17(24)25/h6-8,10,20H,2-5H2,1H3,(H,19,22)(H,24,25). The van der Waals surface area contributed by atoms with E-state index < -0.39 is 17.2 Å². The van der Waals surface area contributed by atoms with E-state index >= 15 is 0 Å². The maximum absolute atomic E-state index is 14.7. The van der Waals surface area contributed by atoms with Crippen LogP contribution in [0.5, 0.6) is 0 Å². The number of carboxylic acid groups (broad SMARTS) is 1. The number of anilines is 1. The number of nitrogens with one attached hydrogen (secondary N) is 2. The van der Waals surface area contributed by atoms with E-state index in [-0.39, 0.29) is 28.2 Å². The molecule has 25 heavy (non-hydrogen) atoms. The fraction of sp³-hybridized carbons (Fsp3) is 0.353. The molecule has 8 heteroatoms. The SMILES string of the molecule is Cc1c(F)c(NCCNC=O)cc2c1c(=O)c(C(=O)O)cn2C1CC1. The zero-order valence-corrected chi connectivity index (χ0v) is 13.6. The van der Waals surface area contributed by atoms with E-state index in [0.717, 1.165) is 12.8 Å². The summed E-state index contributed by atoms with van der Waals surface area (Å²) in [4.78, 5) is 34.2. The number of aromatic carboxylic acids is 1. The highest BCUT2D eigenvalue weighted by molar-refractivity contribution is 5.95. The lowest BCUT2D eigenvalue weighted by Gasteiger charge is -2.16. The third-order valence-electron chi connectivity index (χ3n) is 4.33. The Bertz CT molecular complexity index is 918. The third-order valence-corrected chi connectivity index (χ3v) is 4.33. The Morgan fingerprint density at radius 1 is 1.44 bits per heavy atom. The Morgan fingerprint density at radius 2 is 2.16 bits per heavy atom. The molecule has 1 aliphatic carbocycles. The van der Waals surface area contributed by atoms with E-state index in [1.807, 2.05) is 0 Å². The number of nitrogens with zero attached hydrogens (tertiary/aromatic N) is 1. The highest BCUT2D eigenvalue weighted by Crippen LogP contribution is 2.38. The molecule has 0 bridgehead atoms. The van der Waals surface area contributed by atoms with Crippen molar-refractivity contribution in [3.05, 3.63) is 39.4 Å². The van der Waals surface area contributed by atoms with Crippen LogP contribution in [0.2, 0.25) is 0 Å². The van der Waals surface area contributed by atoms with Gasteiger partial charge in [0.2, 0.25) is 11.8 Å². The summed E-state index contributed by atoms with van der Waals surface area (Å²) in [7, 11) is 0. The van der Waals surface area contributed by atoms with Gasteiger partial charge in [-0.3, -0.25) is 9.59 Å². The van der Waals surface area contributed by atoms with Gasteiger partial charge < -0.3 is 20.3 Å². The lowest BCUT2D eigenvalue weighted by atomic mass is 10.0. The van der Waals surface area contributed by atoms with Gasteiger partial charge in [-0.1, -0.05) is 0 Å². The summed E-state index contributed by atoms with van der Waals surface area (Å²) in [6.07, 6.45) is 3.68. The van der Waals surface area contributed by atoms with E-state index in [2.05, 4.69) is 10.6 Å². The fourth-order valence-corrected chi connectivity index (χ4v) is 2.93. The molecule has 1 aliphatic rings. The Hall–Kier alpha value is -2.90. The molecule has 2 aromatic rings. The fourth-order valence-electron chi connectivity index (χ4n) is 2.93. The number of fused-ring (bicyclic) bond motifs is 1. The van der Waals surface area contributed by atoms with E-state index in [9.17, 15) is 23.9 Å². The molecule has 132 valence electrons. The quantitative estimate of drug-likeness (QED) is 0.522. The molecule has 1 fully saturated rings. The van der Waals surface area contributed by atoms with Crippen LogP contribution in [-0.4, -0.2) is 35.1 Å². The molecule has 0 radical (unpaired) electrons. The minimum absolute atomic E-state index is 0.0980. The Labute approximate surface area is 142 Å². The molecule has 1 aromatic carbocycles. The van der Waals surface area contributed by atoms with Crippen molar-refractivity contribution < 1.29 is 19.1 Å². The summed E-state index contributed by atoms with van der Waals surface area (Å²) in [5.41, 5.74) is -0.176. The second-order valence-electron chi connectivity index (χ2n) is 6.07. The number of carbonyl (C=O) groups is 2. The van der Waals surface area contributed by atoms with Crippen LogP contribution in [-0.2, 0) is 4.79 Å². The molecule has 0 aliphatic heterocycles. The number of aryl methyl sites for hydroxylation is 1. The van der Waals surface area contributed by atoms with Gasteiger partial charge in [-0.2, -0.15) is 0 Å². The molecule has 1 saturated carbocycles. The second kappa shape index (κ2) is 6.54. The average molecular weight is 347 g/mol. The van der Waals surface area contributed by atoms with Gasteiger partial charge in [0.1, 0.15) is 11.4 Å². The van der Waals surface area contributed by atoms with Crippen LogP contribution < -0.4 is 16.1 Å². The predicted octanol–water partition coefficient (Wildman–Crippen LogP) is 1.64. The van der Waals surface area contributed by atoms with Crippen molar-refractivity contribution in [2.75, 3.05) is 18.4 Å². The van der Waals surface area contributed by atoms with Gasteiger partial charge in [-0.15, -0.1) is 0 Å². The number of hydrogen-bond acceptors (Lipinski definition) is 4. The second-order valence-corrected chi connectivity index (χ2v) is 6.07. The van der Waals surface area contributed by atoms with Gasteiger partial charge in [0.05, 0.1) is 16.6 Å². The number of hydrogen-bond donors (Lipinski definition) is 3. The first-order valence-electron chi connectivity index (χ1n) is 7.97. The lowest BCUT2D eigenvalue weighted by Crippen LogP contribution is -2.22. The number of carbonyl (C=O) groups excluding carboxylic acids is 1. The third kappa shape index (κ3) is 3.07. The van der Waals surface area contributed by atoms with E-state index in [4.69, 9.17) is 0 Å². The van der Waals surface area contributed by atoms with Crippen LogP contribution in [0.25, 0.3) is 10.9 Å². The number of halogens is 1. The van der Waals surface area contributed by atoms with Crippen LogP contribution in [0, 0.1) is 12.7 Å². The first kappa shape index (κ1) is 16.9. The van der Waals surface area contributed by atoms with Crippen LogP contribution in [0.3, 0.4) is 0 Å². The molecule has 1 aromatic heterocycles. The average Bonchev–Trinajstić information content (AvgIpc) is 3.40. The van der Waals surface area contributed by atoms with Crippen molar-refractivity contribution in [2.45, 2.75) is 25.8 Å². The molecule has 0 saturated heterocycles. The van der Waals surface area contributed by atoms with Gasteiger partial charge in [-0.25, -0.2) is 9.18 Å². The summed E-state index contributed by atoms with van der Waals surface area (Å²) >= 11 is 0. The molecular formula is C17H18FN3O4. The summed E-state index contributed by atoms with van der Waals surface area (Å²) in [5.74, 6) is -1.91. The normalized spacial score (nSPS) is 13.7. The van der Waals surface area contributed by atoms with E-state index in [1.54, 1.807) is 4.57 Å². The highest BCUT2D eigenvalue weighted by Gasteiger charge is 2.28. The number of benzene rings is 1.